The molecule has 0 aromatic rings. The van der Waals surface area contributed by atoms with E-state index >= 15 is 0 Å². The van der Waals surface area contributed by atoms with Crippen LogP contribution in [0.25, 0.3) is 0 Å². The highest BCUT2D eigenvalue weighted by atomic mass is 16.7. The molecule has 1 heterocycles. The molecule has 3 amide bonds. The molecular formula is C13H21N3O5. The molecule has 1 fully saturated rings. The molecule has 1 N–H and O–H groups in total. The Morgan fingerprint density at radius 3 is 2.48 bits per heavy atom. The van der Waals surface area contributed by atoms with Crippen LogP contribution in [-0.2, 0) is 24.0 Å². The first-order valence-electron chi connectivity index (χ1n) is 8.81. The Balaban J connectivity index is 2.88. The molecule has 0 aliphatic carbocycles. The second kappa shape index (κ2) is 7.16. The summed E-state index contributed by atoms with van der Waals surface area (Å²) in [6.07, 6.45) is -0.333. The van der Waals surface area contributed by atoms with Gasteiger partial charge < -0.3 is 10.2 Å². The Labute approximate surface area is 130 Å². The number of rotatable bonds is 6. The Hall–Kier alpha value is -1.96. The van der Waals surface area contributed by atoms with Gasteiger partial charge in [-0.1, -0.05) is 13.8 Å². The minimum absolute atomic E-state index is 0.154. The lowest BCUT2D eigenvalue weighted by atomic mass is 10.0. The maximum atomic E-state index is 12.4. The van der Waals surface area contributed by atoms with Crippen LogP contribution < -0.4 is 5.32 Å². The first kappa shape index (κ1) is 10.7. The molecule has 0 saturated carbocycles. The van der Waals surface area contributed by atoms with Gasteiger partial charge in [-0.3, -0.25) is 19.3 Å². The Morgan fingerprint density at radius 2 is 2.00 bits per heavy atom. The maximum Gasteiger partial charge on any atom is 0.352 e. The van der Waals surface area contributed by atoms with Crippen molar-refractivity contribution < 1.29 is 30.9 Å². The summed E-state index contributed by atoms with van der Waals surface area (Å²) in [5.74, 6) is -4.84. The van der Waals surface area contributed by atoms with Gasteiger partial charge in [0, 0.05) is 17.0 Å². The van der Waals surface area contributed by atoms with Crippen molar-refractivity contribution in [2.24, 2.45) is 5.92 Å². The molecule has 0 bridgehead atoms. The molecule has 0 aromatic heterocycles. The van der Waals surface area contributed by atoms with Crippen LogP contribution in [0.15, 0.2) is 0 Å². The van der Waals surface area contributed by atoms with Crippen LogP contribution in [0.2, 0.25) is 0 Å². The van der Waals surface area contributed by atoms with Gasteiger partial charge in [0.25, 0.3) is 11.8 Å². The van der Waals surface area contributed by atoms with Gasteiger partial charge in [-0.15, -0.1) is 5.06 Å². The van der Waals surface area contributed by atoms with Crippen LogP contribution in [-0.4, -0.2) is 60.2 Å². The molecule has 1 rings (SSSR count). The summed E-state index contributed by atoms with van der Waals surface area (Å²) in [4.78, 5) is 52.3. The standard InChI is InChI=1S/C13H21N3O5/c1-8(2)12(15(3)4)13(20)14-7-11(19)21-16-9(17)5-6-10(16)18/h8,12H,5-7H2,1-4H3,(H,14,20)/i3D3,7D2. The smallest absolute Gasteiger partial charge is 0.344 e. The maximum absolute atomic E-state index is 12.4. The van der Waals surface area contributed by atoms with Gasteiger partial charge >= 0.3 is 5.97 Å². The average Bonchev–Trinajstić information content (AvgIpc) is 2.77. The normalized spacial score (nSPS) is 21.4. The molecule has 1 unspecified atom stereocenters. The highest BCUT2D eigenvalue weighted by molar-refractivity contribution is 6.01. The molecule has 1 aliphatic rings. The van der Waals surface area contributed by atoms with Crippen LogP contribution in [0, 0.1) is 5.92 Å². The van der Waals surface area contributed by atoms with Crippen LogP contribution in [0.1, 0.15) is 33.5 Å². The van der Waals surface area contributed by atoms with Crippen LogP contribution in [0.3, 0.4) is 0 Å². The lowest BCUT2D eigenvalue weighted by Gasteiger charge is -2.26. The minimum atomic E-state index is -3.08. The second-order valence-electron chi connectivity index (χ2n) is 4.87. The van der Waals surface area contributed by atoms with E-state index in [0.29, 0.717) is 0 Å². The van der Waals surface area contributed by atoms with Crippen molar-refractivity contribution in [2.45, 2.75) is 32.7 Å². The van der Waals surface area contributed by atoms with Crippen LogP contribution >= 0.6 is 0 Å². The number of carbonyl (C=O) groups excluding carboxylic acids is 4. The zero-order valence-electron chi connectivity index (χ0n) is 17.0. The molecule has 1 atom stereocenters. The zero-order valence-corrected chi connectivity index (χ0v) is 12.0. The van der Waals surface area contributed by atoms with E-state index in [1.54, 1.807) is 19.2 Å². The van der Waals surface area contributed by atoms with E-state index in [1.807, 2.05) is 0 Å². The minimum Gasteiger partial charge on any atom is -0.344 e. The highest BCUT2D eigenvalue weighted by Crippen LogP contribution is 2.12. The van der Waals surface area contributed by atoms with E-state index in [1.165, 1.54) is 7.05 Å². The fourth-order valence-corrected chi connectivity index (χ4v) is 1.88. The average molecular weight is 304 g/mol. The summed E-state index contributed by atoms with van der Waals surface area (Å²) < 4.78 is 37.4. The molecular weight excluding hydrogens is 278 g/mol. The van der Waals surface area contributed by atoms with Gasteiger partial charge in [-0.2, -0.15) is 0 Å². The Morgan fingerprint density at radius 1 is 1.43 bits per heavy atom. The van der Waals surface area contributed by atoms with Gasteiger partial charge in [0.2, 0.25) is 5.91 Å². The number of nitrogens with zero attached hydrogens (tertiary/aromatic N) is 2. The topological polar surface area (TPSA) is 96.0 Å². The summed E-state index contributed by atoms with van der Waals surface area (Å²) in [5.41, 5.74) is 0. The van der Waals surface area contributed by atoms with Gasteiger partial charge in [0.05, 0.1) is 8.78 Å². The first-order valence-corrected chi connectivity index (χ1v) is 6.31. The SMILES string of the molecule is [2H]C([2H])(NC(=O)C(C(C)C)N(C)C([2H])([2H])[2H])C(=O)ON1C(=O)CCC1=O. The van der Waals surface area contributed by atoms with E-state index in [4.69, 9.17) is 6.85 Å². The Bertz CT molecular complexity index is 591. The zero-order chi connectivity index (χ0) is 20.4. The number of hydroxylamine groups is 2. The molecule has 1 saturated heterocycles. The Kier molecular flexibility index (Phi) is 3.66. The fourth-order valence-electron chi connectivity index (χ4n) is 1.88. The van der Waals surface area contributed by atoms with Crippen molar-refractivity contribution in [2.75, 3.05) is 20.5 Å². The third kappa shape index (κ3) is 4.52. The number of imide groups is 1. The summed E-state index contributed by atoms with van der Waals surface area (Å²) in [5, 5.41) is 1.93. The number of hydrogen-bond donors (Lipinski definition) is 1. The van der Waals surface area contributed by atoms with E-state index in [0.717, 1.165) is 4.90 Å². The van der Waals surface area contributed by atoms with Crippen LogP contribution in [0.5, 0.6) is 0 Å². The number of nitrogens with one attached hydrogen (secondary N) is 1. The largest absolute Gasteiger partial charge is 0.352 e. The third-order valence-electron chi connectivity index (χ3n) is 2.79. The molecule has 1 aliphatic heterocycles. The summed E-state index contributed by atoms with van der Waals surface area (Å²) in [6, 6.07) is -1.26. The molecule has 0 spiro atoms. The van der Waals surface area contributed by atoms with Crippen molar-refractivity contribution in [1.82, 2.24) is 15.3 Å². The first-order chi connectivity index (χ1) is 11.7. The quantitative estimate of drug-likeness (QED) is 0.652. The van der Waals surface area contributed by atoms with Crippen molar-refractivity contribution >= 4 is 23.7 Å². The molecule has 8 nitrogen and oxygen atoms in total. The third-order valence-corrected chi connectivity index (χ3v) is 2.79. The monoisotopic (exact) mass is 304 g/mol. The predicted molar refractivity (Wildman–Crippen MR) is 72.5 cm³/mol. The molecule has 0 aromatic carbocycles. The lowest BCUT2D eigenvalue weighted by molar-refractivity contribution is -0.196. The fraction of sp³-hybridized carbons (Fsp3) is 0.692. The van der Waals surface area contributed by atoms with E-state index in [-0.39, 0.29) is 17.9 Å². The predicted octanol–water partition coefficient (Wildman–Crippen LogP) is -0.704. The second-order valence-corrected chi connectivity index (χ2v) is 4.87. The molecule has 118 valence electrons. The van der Waals surface area contributed by atoms with Gasteiger partial charge in [0.15, 0.2) is 0 Å². The molecule has 8 heteroatoms. The van der Waals surface area contributed by atoms with Crippen LogP contribution in [0.4, 0.5) is 0 Å². The number of amides is 3. The number of likely N-dealkylation sites (N-methyl/N-ethyl adjacent to an activating group) is 1. The van der Waals surface area contributed by atoms with Crippen molar-refractivity contribution in [3.63, 3.8) is 0 Å². The summed E-state index contributed by atoms with van der Waals surface area (Å²) in [7, 11) is 1.17. The summed E-state index contributed by atoms with van der Waals surface area (Å²) >= 11 is 0. The van der Waals surface area contributed by atoms with Gasteiger partial charge in [-0.25, -0.2) is 4.79 Å². The van der Waals surface area contributed by atoms with E-state index in [2.05, 4.69) is 4.84 Å². The van der Waals surface area contributed by atoms with Crippen molar-refractivity contribution in [3.05, 3.63) is 0 Å². The van der Waals surface area contributed by atoms with E-state index in [9.17, 15) is 19.2 Å². The van der Waals surface area contributed by atoms with E-state index < -0.39 is 49.1 Å². The highest BCUT2D eigenvalue weighted by Gasteiger charge is 2.33. The van der Waals surface area contributed by atoms with Crippen molar-refractivity contribution in [3.8, 4) is 0 Å². The molecule has 0 radical (unpaired) electrons. The van der Waals surface area contributed by atoms with Gasteiger partial charge in [0.1, 0.15) is 6.50 Å². The number of hydrogen-bond acceptors (Lipinski definition) is 6. The van der Waals surface area contributed by atoms with Gasteiger partial charge in [-0.05, 0) is 19.9 Å². The molecule has 21 heavy (non-hydrogen) atoms. The number of carbonyl (C=O) groups is 4. The summed E-state index contributed by atoms with van der Waals surface area (Å²) in [6.45, 7) is -2.58. The lowest BCUT2D eigenvalue weighted by Crippen LogP contribution is -2.48. The van der Waals surface area contributed by atoms with Crippen molar-refractivity contribution in [1.29, 1.82) is 0 Å².